The van der Waals surface area contributed by atoms with E-state index in [2.05, 4.69) is 31.0 Å². The Labute approximate surface area is 107 Å². The van der Waals surface area contributed by atoms with Crippen molar-refractivity contribution < 1.29 is 0 Å². The molecule has 0 aromatic heterocycles. The summed E-state index contributed by atoms with van der Waals surface area (Å²) >= 11 is 0. The van der Waals surface area contributed by atoms with Crippen LogP contribution in [0.5, 0.6) is 0 Å². The number of rotatable bonds is 5. The highest BCUT2D eigenvalue weighted by molar-refractivity contribution is 4.90. The molecule has 17 heavy (non-hydrogen) atoms. The number of nitrogens with zero attached hydrogens (tertiary/aromatic N) is 1. The summed E-state index contributed by atoms with van der Waals surface area (Å²) in [6.45, 7) is 10.9. The van der Waals surface area contributed by atoms with Crippen LogP contribution in [0.1, 0.15) is 52.9 Å². The predicted octanol–water partition coefficient (Wildman–Crippen LogP) is 2.89. The highest BCUT2D eigenvalue weighted by atomic mass is 15.2. The lowest BCUT2D eigenvalue weighted by molar-refractivity contribution is 0.0442. The van der Waals surface area contributed by atoms with Gasteiger partial charge in [-0.3, -0.25) is 4.90 Å². The SMILES string of the molecule is CC(C)CCNC1CCCN(C2CCC2C)C1. The first-order chi connectivity index (χ1) is 8.16. The Bertz CT molecular complexity index is 227. The van der Waals surface area contributed by atoms with Crippen LogP contribution in [0.2, 0.25) is 0 Å². The Hall–Kier alpha value is -0.0800. The number of nitrogens with one attached hydrogen (secondary N) is 1. The fourth-order valence-electron chi connectivity index (χ4n) is 3.24. The van der Waals surface area contributed by atoms with Crippen molar-refractivity contribution in [1.29, 1.82) is 0 Å². The third-order valence-corrected chi connectivity index (χ3v) is 4.65. The first kappa shape index (κ1) is 13.4. The van der Waals surface area contributed by atoms with Gasteiger partial charge in [0.25, 0.3) is 0 Å². The normalized spacial score (nSPS) is 34.9. The topological polar surface area (TPSA) is 15.3 Å². The third kappa shape index (κ3) is 3.69. The van der Waals surface area contributed by atoms with Crippen LogP contribution < -0.4 is 5.32 Å². The molecule has 0 aromatic rings. The Balaban J connectivity index is 1.69. The van der Waals surface area contributed by atoms with Crippen LogP contribution in [0.25, 0.3) is 0 Å². The molecule has 2 rings (SSSR count). The van der Waals surface area contributed by atoms with E-state index in [0.717, 1.165) is 23.9 Å². The summed E-state index contributed by atoms with van der Waals surface area (Å²) < 4.78 is 0. The molecule has 1 saturated heterocycles. The smallest absolute Gasteiger partial charge is 0.0195 e. The van der Waals surface area contributed by atoms with Gasteiger partial charge >= 0.3 is 0 Å². The monoisotopic (exact) mass is 238 g/mol. The molecular formula is C15H30N2. The summed E-state index contributed by atoms with van der Waals surface area (Å²) in [6.07, 6.45) is 6.99. The van der Waals surface area contributed by atoms with Gasteiger partial charge in [0.2, 0.25) is 0 Å². The van der Waals surface area contributed by atoms with Crippen molar-refractivity contribution in [2.75, 3.05) is 19.6 Å². The zero-order chi connectivity index (χ0) is 12.3. The molecular weight excluding hydrogens is 208 g/mol. The van der Waals surface area contributed by atoms with E-state index in [0.29, 0.717) is 0 Å². The van der Waals surface area contributed by atoms with Crippen LogP contribution in [0.15, 0.2) is 0 Å². The first-order valence-electron chi connectivity index (χ1n) is 7.64. The molecule has 3 atom stereocenters. The molecule has 3 unspecified atom stereocenters. The van der Waals surface area contributed by atoms with Crippen molar-refractivity contribution in [1.82, 2.24) is 10.2 Å². The first-order valence-corrected chi connectivity index (χ1v) is 7.64. The molecule has 2 heteroatoms. The highest BCUT2D eigenvalue weighted by Gasteiger charge is 2.34. The molecule has 0 amide bonds. The summed E-state index contributed by atoms with van der Waals surface area (Å²) in [4.78, 5) is 2.75. The minimum atomic E-state index is 0.760. The van der Waals surface area contributed by atoms with Gasteiger partial charge in [-0.15, -0.1) is 0 Å². The minimum absolute atomic E-state index is 0.760. The Morgan fingerprint density at radius 1 is 1.24 bits per heavy atom. The highest BCUT2D eigenvalue weighted by Crippen LogP contribution is 2.33. The van der Waals surface area contributed by atoms with Crippen LogP contribution in [0.3, 0.4) is 0 Å². The van der Waals surface area contributed by atoms with Crippen LogP contribution >= 0.6 is 0 Å². The number of likely N-dealkylation sites (tertiary alicyclic amines) is 1. The van der Waals surface area contributed by atoms with Crippen molar-refractivity contribution in [3.8, 4) is 0 Å². The zero-order valence-electron chi connectivity index (χ0n) is 11.9. The molecule has 1 saturated carbocycles. The zero-order valence-corrected chi connectivity index (χ0v) is 11.9. The van der Waals surface area contributed by atoms with E-state index in [9.17, 15) is 0 Å². The lowest BCUT2D eigenvalue weighted by Gasteiger charge is -2.46. The summed E-state index contributed by atoms with van der Waals surface area (Å²) in [6, 6.07) is 1.67. The fourth-order valence-corrected chi connectivity index (χ4v) is 3.24. The van der Waals surface area contributed by atoms with Crippen molar-refractivity contribution >= 4 is 0 Å². The lowest BCUT2D eigenvalue weighted by Crippen LogP contribution is -2.54. The van der Waals surface area contributed by atoms with E-state index >= 15 is 0 Å². The quantitative estimate of drug-likeness (QED) is 0.792. The van der Waals surface area contributed by atoms with Crippen LogP contribution in [-0.2, 0) is 0 Å². The number of hydrogen-bond acceptors (Lipinski definition) is 2. The molecule has 0 bridgehead atoms. The van der Waals surface area contributed by atoms with Crippen molar-refractivity contribution in [2.45, 2.75) is 65.0 Å². The van der Waals surface area contributed by atoms with Crippen molar-refractivity contribution in [3.63, 3.8) is 0 Å². The van der Waals surface area contributed by atoms with Crippen LogP contribution in [0, 0.1) is 11.8 Å². The number of hydrogen-bond donors (Lipinski definition) is 1. The number of piperidine rings is 1. The molecule has 2 nitrogen and oxygen atoms in total. The molecule has 0 radical (unpaired) electrons. The van der Waals surface area contributed by atoms with Gasteiger partial charge in [-0.25, -0.2) is 0 Å². The van der Waals surface area contributed by atoms with Crippen molar-refractivity contribution in [3.05, 3.63) is 0 Å². The predicted molar refractivity (Wildman–Crippen MR) is 74.2 cm³/mol. The molecule has 0 aromatic carbocycles. The largest absolute Gasteiger partial charge is 0.313 e. The second-order valence-electron chi connectivity index (χ2n) is 6.59. The van der Waals surface area contributed by atoms with E-state index in [4.69, 9.17) is 0 Å². The average Bonchev–Trinajstić information content (AvgIpc) is 2.27. The minimum Gasteiger partial charge on any atom is -0.313 e. The Kier molecular flexibility index (Phi) is 4.87. The molecule has 0 spiro atoms. The maximum absolute atomic E-state index is 3.76. The van der Waals surface area contributed by atoms with Gasteiger partial charge in [0, 0.05) is 18.6 Å². The van der Waals surface area contributed by atoms with E-state index in [1.807, 2.05) is 0 Å². The molecule has 1 heterocycles. The van der Waals surface area contributed by atoms with Gasteiger partial charge < -0.3 is 5.32 Å². The van der Waals surface area contributed by atoms with Crippen LogP contribution in [0.4, 0.5) is 0 Å². The second-order valence-corrected chi connectivity index (χ2v) is 6.59. The standard InChI is InChI=1S/C15H30N2/c1-12(2)8-9-16-14-5-4-10-17(11-14)15-7-6-13(15)3/h12-16H,4-11H2,1-3H3. The third-order valence-electron chi connectivity index (χ3n) is 4.65. The molecule has 2 aliphatic rings. The molecule has 2 fully saturated rings. The van der Waals surface area contributed by atoms with E-state index < -0.39 is 0 Å². The van der Waals surface area contributed by atoms with E-state index in [1.165, 1.54) is 51.7 Å². The summed E-state index contributed by atoms with van der Waals surface area (Å²) in [5.41, 5.74) is 0. The molecule has 1 aliphatic carbocycles. The van der Waals surface area contributed by atoms with Crippen molar-refractivity contribution in [2.24, 2.45) is 11.8 Å². The van der Waals surface area contributed by atoms with Gasteiger partial charge in [0.1, 0.15) is 0 Å². The Morgan fingerprint density at radius 2 is 2.06 bits per heavy atom. The molecule has 1 N–H and O–H groups in total. The average molecular weight is 238 g/mol. The van der Waals surface area contributed by atoms with E-state index in [-0.39, 0.29) is 0 Å². The van der Waals surface area contributed by atoms with Gasteiger partial charge in [-0.05, 0) is 57.0 Å². The van der Waals surface area contributed by atoms with Gasteiger partial charge in [-0.2, -0.15) is 0 Å². The van der Waals surface area contributed by atoms with Gasteiger partial charge in [0.05, 0.1) is 0 Å². The lowest BCUT2D eigenvalue weighted by atomic mass is 9.79. The molecule has 1 aliphatic heterocycles. The summed E-state index contributed by atoms with van der Waals surface area (Å²) in [5.74, 6) is 1.78. The van der Waals surface area contributed by atoms with Gasteiger partial charge in [-0.1, -0.05) is 20.8 Å². The van der Waals surface area contributed by atoms with Gasteiger partial charge in [0.15, 0.2) is 0 Å². The van der Waals surface area contributed by atoms with E-state index in [1.54, 1.807) is 0 Å². The summed E-state index contributed by atoms with van der Waals surface area (Å²) in [7, 11) is 0. The summed E-state index contributed by atoms with van der Waals surface area (Å²) in [5, 5.41) is 3.76. The second kappa shape index (κ2) is 6.19. The fraction of sp³-hybridized carbons (Fsp3) is 1.00. The Morgan fingerprint density at radius 3 is 2.65 bits per heavy atom. The maximum atomic E-state index is 3.76. The molecule has 100 valence electrons. The van der Waals surface area contributed by atoms with Crippen LogP contribution in [-0.4, -0.2) is 36.6 Å². The maximum Gasteiger partial charge on any atom is 0.0195 e.